The number of hydrogen-bond donors (Lipinski definition) is 2. The van der Waals surface area contributed by atoms with Gasteiger partial charge in [0.2, 0.25) is 5.91 Å². The van der Waals surface area contributed by atoms with Crippen LogP contribution in [0.15, 0.2) is 40.2 Å². The lowest BCUT2D eigenvalue weighted by Gasteiger charge is -2.21. The average Bonchev–Trinajstić information content (AvgIpc) is 3.20. The van der Waals surface area contributed by atoms with Crippen molar-refractivity contribution >= 4 is 47.6 Å². The molecule has 0 radical (unpaired) electrons. The number of halogens is 1. The van der Waals surface area contributed by atoms with E-state index in [1.54, 1.807) is 19.0 Å². The van der Waals surface area contributed by atoms with E-state index in [1.807, 2.05) is 11.8 Å². The third kappa shape index (κ3) is 7.18. The second-order valence-electron chi connectivity index (χ2n) is 7.53. The number of benzene rings is 1. The zero-order chi connectivity index (χ0) is 18.4. The quantitative estimate of drug-likeness (QED) is 0.341. The maximum absolute atomic E-state index is 11.9. The number of rotatable bonds is 7. The number of guanidine groups is 1. The van der Waals surface area contributed by atoms with Crippen LogP contribution in [0.2, 0.25) is 0 Å². The Morgan fingerprint density at radius 3 is 2.48 bits per heavy atom. The van der Waals surface area contributed by atoms with Crippen molar-refractivity contribution in [2.45, 2.75) is 54.2 Å². The monoisotopic (exact) mass is 502 g/mol. The van der Waals surface area contributed by atoms with Crippen molar-refractivity contribution in [1.82, 2.24) is 15.5 Å². The van der Waals surface area contributed by atoms with Crippen LogP contribution in [-0.4, -0.2) is 54.7 Å². The van der Waals surface area contributed by atoms with Gasteiger partial charge in [0, 0.05) is 36.3 Å². The van der Waals surface area contributed by atoms with Crippen LogP contribution in [-0.2, 0) is 4.79 Å². The Kier molecular flexibility index (Phi) is 8.72. The summed E-state index contributed by atoms with van der Waals surface area (Å²) in [6.45, 7) is 1.06. The molecule has 1 aromatic rings. The fourth-order valence-corrected chi connectivity index (χ4v) is 4.39. The van der Waals surface area contributed by atoms with E-state index < -0.39 is 0 Å². The van der Waals surface area contributed by atoms with E-state index in [0.29, 0.717) is 6.04 Å². The summed E-state index contributed by atoms with van der Waals surface area (Å²) in [4.78, 5) is 19.3. The van der Waals surface area contributed by atoms with Crippen LogP contribution in [0.25, 0.3) is 0 Å². The SMILES string of the molecule is CN(C)C(=O)CN=C(NCC1(Sc2ccccc2)CC1)NC1CCCC1.I. The molecule has 1 aromatic carbocycles. The molecule has 0 aliphatic heterocycles. The van der Waals surface area contributed by atoms with Gasteiger partial charge >= 0.3 is 0 Å². The van der Waals surface area contributed by atoms with Gasteiger partial charge in [-0.1, -0.05) is 31.0 Å². The summed E-state index contributed by atoms with van der Waals surface area (Å²) in [7, 11) is 3.54. The minimum Gasteiger partial charge on any atom is -0.355 e. The van der Waals surface area contributed by atoms with Gasteiger partial charge in [-0.05, 0) is 37.8 Å². The fourth-order valence-electron chi connectivity index (χ4n) is 3.14. The van der Waals surface area contributed by atoms with E-state index in [9.17, 15) is 4.79 Å². The first-order valence-corrected chi connectivity index (χ1v) is 10.4. The normalized spacial score (nSPS) is 18.5. The van der Waals surface area contributed by atoms with Crippen LogP contribution in [0.5, 0.6) is 0 Å². The molecule has 0 aromatic heterocycles. The molecular formula is C20H31IN4OS. The topological polar surface area (TPSA) is 56.7 Å². The Hall–Kier alpha value is -0.960. The first-order valence-electron chi connectivity index (χ1n) is 9.55. The Morgan fingerprint density at radius 1 is 1.22 bits per heavy atom. The maximum Gasteiger partial charge on any atom is 0.243 e. The minimum absolute atomic E-state index is 0. The molecule has 0 heterocycles. The van der Waals surface area contributed by atoms with Gasteiger partial charge in [-0.3, -0.25) is 4.79 Å². The number of carbonyl (C=O) groups is 1. The molecule has 2 fully saturated rings. The predicted octanol–water partition coefficient (Wildman–Crippen LogP) is 3.50. The molecule has 2 saturated carbocycles. The number of hydrogen-bond acceptors (Lipinski definition) is 3. The third-order valence-electron chi connectivity index (χ3n) is 5.03. The smallest absolute Gasteiger partial charge is 0.243 e. The van der Waals surface area contributed by atoms with Gasteiger partial charge in [-0.25, -0.2) is 4.99 Å². The highest BCUT2D eigenvalue weighted by Gasteiger charge is 2.43. The number of likely N-dealkylation sites (N-methyl/N-ethyl adjacent to an activating group) is 1. The number of thioether (sulfide) groups is 1. The van der Waals surface area contributed by atoms with Gasteiger partial charge in [0.15, 0.2) is 5.96 Å². The minimum atomic E-state index is 0. The molecule has 27 heavy (non-hydrogen) atoms. The number of amides is 1. The highest BCUT2D eigenvalue weighted by Crippen LogP contribution is 2.51. The summed E-state index contributed by atoms with van der Waals surface area (Å²) < 4.78 is 0.255. The summed E-state index contributed by atoms with van der Waals surface area (Å²) in [6.07, 6.45) is 7.35. The first kappa shape index (κ1) is 22.3. The van der Waals surface area contributed by atoms with Crippen molar-refractivity contribution in [2.75, 3.05) is 27.2 Å². The molecule has 7 heteroatoms. The molecule has 0 atom stereocenters. The number of aliphatic imine (C=N–C) groups is 1. The summed E-state index contributed by atoms with van der Waals surface area (Å²) in [5.41, 5.74) is 0. The van der Waals surface area contributed by atoms with Gasteiger partial charge in [0.25, 0.3) is 0 Å². The molecule has 2 N–H and O–H groups in total. The lowest BCUT2D eigenvalue weighted by Crippen LogP contribution is -2.45. The van der Waals surface area contributed by atoms with Crippen molar-refractivity contribution in [3.8, 4) is 0 Å². The van der Waals surface area contributed by atoms with Crippen molar-refractivity contribution in [3.63, 3.8) is 0 Å². The van der Waals surface area contributed by atoms with E-state index in [1.165, 1.54) is 43.4 Å². The number of nitrogens with one attached hydrogen (secondary N) is 2. The fraction of sp³-hybridized carbons (Fsp3) is 0.600. The van der Waals surface area contributed by atoms with Crippen LogP contribution in [0, 0.1) is 0 Å². The van der Waals surface area contributed by atoms with Crippen molar-refractivity contribution in [3.05, 3.63) is 30.3 Å². The zero-order valence-corrected chi connectivity index (χ0v) is 19.4. The molecule has 1 amide bonds. The second-order valence-corrected chi connectivity index (χ2v) is 9.07. The molecule has 0 saturated heterocycles. The van der Waals surface area contributed by atoms with Gasteiger partial charge in [0.1, 0.15) is 6.54 Å². The van der Waals surface area contributed by atoms with Crippen molar-refractivity contribution < 1.29 is 4.79 Å². The largest absolute Gasteiger partial charge is 0.355 e. The van der Waals surface area contributed by atoms with Gasteiger partial charge in [-0.15, -0.1) is 35.7 Å². The van der Waals surface area contributed by atoms with Crippen LogP contribution < -0.4 is 10.6 Å². The number of carbonyl (C=O) groups excluding carboxylic acids is 1. The van der Waals surface area contributed by atoms with Crippen LogP contribution in [0.1, 0.15) is 38.5 Å². The molecule has 0 unspecified atom stereocenters. The Labute approximate surface area is 184 Å². The van der Waals surface area contributed by atoms with Gasteiger partial charge in [-0.2, -0.15) is 0 Å². The van der Waals surface area contributed by atoms with E-state index >= 15 is 0 Å². The maximum atomic E-state index is 11.9. The van der Waals surface area contributed by atoms with Crippen LogP contribution >= 0.6 is 35.7 Å². The van der Waals surface area contributed by atoms with E-state index in [-0.39, 0.29) is 41.2 Å². The Balaban J connectivity index is 0.00000261. The van der Waals surface area contributed by atoms with E-state index in [0.717, 1.165) is 12.5 Å². The second kappa shape index (κ2) is 10.5. The van der Waals surface area contributed by atoms with Crippen LogP contribution in [0.4, 0.5) is 0 Å². The van der Waals surface area contributed by atoms with Crippen molar-refractivity contribution in [2.24, 2.45) is 4.99 Å². The average molecular weight is 502 g/mol. The molecule has 3 rings (SSSR count). The molecule has 2 aliphatic rings. The van der Waals surface area contributed by atoms with Crippen LogP contribution in [0.3, 0.4) is 0 Å². The molecular weight excluding hydrogens is 471 g/mol. The lowest BCUT2D eigenvalue weighted by molar-refractivity contribution is -0.127. The Bertz CT molecular complexity index is 628. The van der Waals surface area contributed by atoms with E-state index in [2.05, 4.69) is 46.0 Å². The van der Waals surface area contributed by atoms with Gasteiger partial charge < -0.3 is 15.5 Å². The molecule has 0 bridgehead atoms. The zero-order valence-electron chi connectivity index (χ0n) is 16.2. The van der Waals surface area contributed by atoms with Crippen molar-refractivity contribution in [1.29, 1.82) is 0 Å². The summed E-state index contributed by atoms with van der Waals surface area (Å²) >= 11 is 1.95. The highest BCUT2D eigenvalue weighted by atomic mass is 127. The standard InChI is InChI=1S/C20H30N4OS.HI/c1-24(2)18(25)14-21-19(23-16-8-6-7-9-16)22-15-20(12-13-20)26-17-10-4-3-5-11-17;/h3-5,10-11,16H,6-9,12-15H2,1-2H3,(H2,21,22,23);1H. The highest BCUT2D eigenvalue weighted by molar-refractivity contribution is 14.0. The van der Waals surface area contributed by atoms with Gasteiger partial charge in [0.05, 0.1) is 0 Å². The number of nitrogens with zero attached hydrogens (tertiary/aromatic N) is 2. The molecule has 150 valence electrons. The summed E-state index contributed by atoms with van der Waals surface area (Å²) in [6, 6.07) is 11.1. The third-order valence-corrected chi connectivity index (χ3v) is 6.52. The summed E-state index contributed by atoms with van der Waals surface area (Å²) in [5, 5.41) is 7.04. The molecule has 0 spiro atoms. The molecule has 2 aliphatic carbocycles. The molecule has 5 nitrogen and oxygen atoms in total. The first-order chi connectivity index (χ1) is 12.6. The lowest BCUT2D eigenvalue weighted by atomic mass is 10.2. The predicted molar refractivity (Wildman–Crippen MR) is 124 cm³/mol. The Morgan fingerprint density at radius 2 is 1.89 bits per heavy atom. The van der Waals surface area contributed by atoms with E-state index in [4.69, 9.17) is 0 Å². The summed E-state index contributed by atoms with van der Waals surface area (Å²) in [5.74, 6) is 0.810.